The number of rotatable bonds is 3. The van der Waals surface area contributed by atoms with E-state index in [2.05, 4.69) is 20.8 Å². The molecule has 0 aliphatic heterocycles. The lowest BCUT2D eigenvalue weighted by Gasteiger charge is -2.31. The number of nitrogens with two attached hydrogens (primary N) is 1. The summed E-state index contributed by atoms with van der Waals surface area (Å²) < 4.78 is 0. The smallest absolute Gasteiger partial charge is 0.107 e. The van der Waals surface area contributed by atoms with Crippen molar-refractivity contribution < 1.29 is 5.11 Å². The Bertz CT molecular complexity index is 133. The van der Waals surface area contributed by atoms with Gasteiger partial charge < -0.3 is 10.8 Å². The highest BCUT2D eigenvalue weighted by Gasteiger charge is 2.26. The van der Waals surface area contributed by atoms with Crippen LogP contribution in [0.2, 0.25) is 0 Å². The van der Waals surface area contributed by atoms with Crippen molar-refractivity contribution in [2.75, 3.05) is 0 Å². The van der Waals surface area contributed by atoms with E-state index in [9.17, 15) is 5.11 Å². The highest BCUT2D eigenvalue weighted by Crippen LogP contribution is 2.31. The Labute approximate surface area is 76.2 Å². The van der Waals surface area contributed by atoms with E-state index in [1.165, 1.54) is 0 Å². The number of hydrogen-bond donors (Lipinski definition) is 2. The van der Waals surface area contributed by atoms with E-state index >= 15 is 0 Å². The maximum Gasteiger partial charge on any atom is 0.107 e. The maximum atomic E-state index is 9.25. The number of aliphatic hydroxyl groups excluding tert-OH is 1. The minimum atomic E-state index is -0.708. The molecule has 0 heterocycles. The van der Waals surface area contributed by atoms with Crippen molar-refractivity contribution >= 4 is 0 Å². The van der Waals surface area contributed by atoms with Crippen molar-refractivity contribution in [3.05, 3.63) is 0 Å². The average molecular weight is 173 g/mol. The standard InChI is InChI=1S/C10H23NO/c1-9(2,3)6-7-10(4,5)8(11)12/h8,12H,6-7,11H2,1-5H3. The van der Waals surface area contributed by atoms with E-state index in [0.717, 1.165) is 12.8 Å². The molecule has 0 saturated heterocycles. The van der Waals surface area contributed by atoms with Gasteiger partial charge in [-0.1, -0.05) is 34.6 Å². The summed E-state index contributed by atoms with van der Waals surface area (Å²) in [4.78, 5) is 0. The van der Waals surface area contributed by atoms with Gasteiger partial charge in [0.25, 0.3) is 0 Å². The van der Waals surface area contributed by atoms with Gasteiger partial charge in [-0.3, -0.25) is 0 Å². The van der Waals surface area contributed by atoms with Crippen molar-refractivity contribution in [1.82, 2.24) is 0 Å². The molecule has 0 aliphatic rings. The van der Waals surface area contributed by atoms with Crippen molar-refractivity contribution in [3.8, 4) is 0 Å². The third-order valence-electron chi connectivity index (χ3n) is 2.32. The topological polar surface area (TPSA) is 46.2 Å². The van der Waals surface area contributed by atoms with Crippen LogP contribution in [0, 0.1) is 10.8 Å². The van der Waals surface area contributed by atoms with E-state index in [4.69, 9.17) is 5.73 Å². The Kier molecular flexibility index (Phi) is 3.73. The molecule has 0 rings (SSSR count). The van der Waals surface area contributed by atoms with Crippen LogP contribution in [0.5, 0.6) is 0 Å². The van der Waals surface area contributed by atoms with Crippen LogP contribution in [0.25, 0.3) is 0 Å². The summed E-state index contributed by atoms with van der Waals surface area (Å²) in [7, 11) is 0. The molecule has 3 N–H and O–H groups in total. The van der Waals surface area contributed by atoms with Crippen LogP contribution >= 0.6 is 0 Å². The third-order valence-corrected chi connectivity index (χ3v) is 2.32. The molecular formula is C10H23NO. The highest BCUT2D eigenvalue weighted by molar-refractivity contribution is 4.76. The molecule has 0 saturated carbocycles. The summed E-state index contributed by atoms with van der Waals surface area (Å²) in [5.74, 6) is 0. The van der Waals surface area contributed by atoms with Crippen LogP contribution in [0.15, 0.2) is 0 Å². The van der Waals surface area contributed by atoms with Gasteiger partial charge in [-0.05, 0) is 18.3 Å². The molecule has 74 valence electrons. The molecule has 2 heteroatoms. The molecule has 0 fully saturated rings. The van der Waals surface area contributed by atoms with Gasteiger partial charge in [-0.25, -0.2) is 0 Å². The van der Waals surface area contributed by atoms with Gasteiger partial charge >= 0.3 is 0 Å². The minimum Gasteiger partial charge on any atom is -0.378 e. The molecule has 12 heavy (non-hydrogen) atoms. The van der Waals surface area contributed by atoms with Gasteiger partial charge in [-0.2, -0.15) is 0 Å². The van der Waals surface area contributed by atoms with E-state index in [1.807, 2.05) is 13.8 Å². The summed E-state index contributed by atoms with van der Waals surface area (Å²) >= 11 is 0. The second kappa shape index (κ2) is 3.75. The average Bonchev–Trinajstić information content (AvgIpc) is 1.82. The van der Waals surface area contributed by atoms with Crippen molar-refractivity contribution in [3.63, 3.8) is 0 Å². The summed E-state index contributed by atoms with van der Waals surface area (Å²) in [6.45, 7) is 10.6. The molecule has 0 aromatic heterocycles. The zero-order valence-corrected chi connectivity index (χ0v) is 9.02. The Morgan fingerprint density at radius 2 is 1.50 bits per heavy atom. The lowest BCUT2D eigenvalue weighted by atomic mass is 9.79. The first kappa shape index (κ1) is 11.9. The molecule has 0 aromatic carbocycles. The zero-order chi connectivity index (χ0) is 9.99. The van der Waals surface area contributed by atoms with E-state index in [-0.39, 0.29) is 5.41 Å². The molecule has 0 radical (unpaired) electrons. The minimum absolute atomic E-state index is 0.159. The van der Waals surface area contributed by atoms with Gasteiger partial charge in [-0.15, -0.1) is 0 Å². The van der Waals surface area contributed by atoms with E-state index in [0.29, 0.717) is 5.41 Å². The summed E-state index contributed by atoms with van der Waals surface area (Å²) in [5.41, 5.74) is 5.62. The lowest BCUT2D eigenvalue weighted by Crippen LogP contribution is -2.37. The summed E-state index contributed by atoms with van der Waals surface area (Å²) in [6, 6.07) is 0. The quantitative estimate of drug-likeness (QED) is 0.642. The summed E-state index contributed by atoms with van der Waals surface area (Å²) in [6.07, 6.45) is 1.35. The van der Waals surface area contributed by atoms with Crippen molar-refractivity contribution in [2.45, 2.75) is 53.7 Å². The molecular weight excluding hydrogens is 150 g/mol. The zero-order valence-electron chi connectivity index (χ0n) is 9.02. The van der Waals surface area contributed by atoms with E-state index < -0.39 is 6.23 Å². The molecule has 1 unspecified atom stereocenters. The molecule has 0 bridgehead atoms. The van der Waals surface area contributed by atoms with Gasteiger partial charge in [0, 0.05) is 5.41 Å². The SMILES string of the molecule is CC(C)(C)CCC(C)(C)C(N)O. The van der Waals surface area contributed by atoms with Crippen LogP contribution in [0.3, 0.4) is 0 Å². The third kappa shape index (κ3) is 4.73. The van der Waals surface area contributed by atoms with Gasteiger partial charge in [0.1, 0.15) is 6.23 Å². The predicted octanol–water partition coefficient (Wildman–Crippen LogP) is 2.12. The molecule has 0 spiro atoms. The molecule has 0 amide bonds. The van der Waals surface area contributed by atoms with Crippen LogP contribution in [0.4, 0.5) is 0 Å². The molecule has 2 nitrogen and oxygen atoms in total. The summed E-state index contributed by atoms with van der Waals surface area (Å²) in [5, 5.41) is 9.25. The first-order valence-electron chi connectivity index (χ1n) is 4.59. The normalized spacial score (nSPS) is 16.2. The van der Waals surface area contributed by atoms with Crippen LogP contribution < -0.4 is 5.73 Å². The van der Waals surface area contributed by atoms with Gasteiger partial charge in [0.15, 0.2) is 0 Å². The van der Waals surface area contributed by atoms with E-state index in [1.54, 1.807) is 0 Å². The van der Waals surface area contributed by atoms with Crippen LogP contribution in [-0.4, -0.2) is 11.3 Å². The fraction of sp³-hybridized carbons (Fsp3) is 1.00. The monoisotopic (exact) mass is 173 g/mol. The Morgan fingerprint density at radius 1 is 1.08 bits per heavy atom. The maximum absolute atomic E-state index is 9.25. The first-order valence-corrected chi connectivity index (χ1v) is 4.59. The second-order valence-electron chi connectivity index (χ2n) is 5.49. The predicted molar refractivity (Wildman–Crippen MR) is 52.7 cm³/mol. The van der Waals surface area contributed by atoms with Crippen molar-refractivity contribution in [2.24, 2.45) is 16.6 Å². The second-order valence-corrected chi connectivity index (χ2v) is 5.49. The van der Waals surface area contributed by atoms with Crippen LogP contribution in [0.1, 0.15) is 47.5 Å². The lowest BCUT2D eigenvalue weighted by molar-refractivity contribution is 0.0415. The fourth-order valence-corrected chi connectivity index (χ4v) is 0.845. The molecule has 0 aliphatic carbocycles. The Balaban J connectivity index is 3.93. The molecule has 0 aromatic rings. The molecule has 1 atom stereocenters. The number of hydrogen-bond acceptors (Lipinski definition) is 2. The fourth-order valence-electron chi connectivity index (χ4n) is 0.845. The first-order chi connectivity index (χ1) is 5.15. The van der Waals surface area contributed by atoms with Crippen molar-refractivity contribution in [1.29, 1.82) is 0 Å². The van der Waals surface area contributed by atoms with Crippen LogP contribution in [-0.2, 0) is 0 Å². The largest absolute Gasteiger partial charge is 0.378 e. The number of aliphatic hydroxyl groups is 1. The Morgan fingerprint density at radius 3 is 1.75 bits per heavy atom. The van der Waals surface area contributed by atoms with Gasteiger partial charge in [0.2, 0.25) is 0 Å². The highest BCUT2D eigenvalue weighted by atomic mass is 16.3. The van der Waals surface area contributed by atoms with Gasteiger partial charge in [0.05, 0.1) is 0 Å². The Hall–Kier alpha value is -0.0800.